The first-order valence-electron chi connectivity index (χ1n) is 6.82. The number of esters is 1. The first kappa shape index (κ1) is 19.5. The van der Waals surface area contributed by atoms with E-state index in [1.807, 2.05) is 6.92 Å². The zero-order valence-electron chi connectivity index (χ0n) is 12.6. The second-order valence-corrected chi connectivity index (χ2v) is 6.78. The van der Waals surface area contributed by atoms with E-state index in [4.69, 9.17) is 10.3 Å². The highest BCUT2D eigenvalue weighted by Gasteiger charge is 2.20. The number of hydrogen-bond donors (Lipinski definition) is 0. The number of halogens is 2. The molecule has 9 heteroatoms. The van der Waals surface area contributed by atoms with Crippen molar-refractivity contribution in [2.45, 2.75) is 36.8 Å². The molecule has 0 aliphatic carbocycles. The second kappa shape index (κ2) is 9.54. The van der Waals surface area contributed by atoms with Gasteiger partial charge in [-0.15, -0.1) is 11.8 Å². The number of unbranched alkanes of at least 4 members (excludes halogenated alkanes) is 1. The number of hydrogen-bond acceptors (Lipinski definition) is 4. The van der Waals surface area contributed by atoms with Crippen molar-refractivity contribution in [1.29, 1.82) is 0 Å². The normalized spacial score (nSPS) is 11.5. The van der Waals surface area contributed by atoms with Gasteiger partial charge in [0.1, 0.15) is 11.1 Å². The van der Waals surface area contributed by atoms with E-state index in [1.54, 1.807) is 6.92 Å². The predicted molar refractivity (Wildman–Crippen MR) is 88.8 cm³/mol. The average molecular weight is 404 g/mol. The van der Waals surface area contributed by atoms with Crippen molar-refractivity contribution in [3.63, 3.8) is 0 Å². The molecule has 0 aromatic heterocycles. The Labute approximate surface area is 145 Å². The molecular formula is C14H15BrFN3O3S. The fraction of sp³-hybridized carbons (Fsp3) is 0.429. The van der Waals surface area contributed by atoms with Crippen LogP contribution in [0.1, 0.15) is 37.0 Å². The van der Waals surface area contributed by atoms with Crippen LogP contribution in [0.15, 0.2) is 26.6 Å². The van der Waals surface area contributed by atoms with Crippen LogP contribution in [0, 0.1) is 5.82 Å². The lowest BCUT2D eigenvalue weighted by Crippen LogP contribution is -2.17. The Kier molecular flexibility index (Phi) is 8.08. The van der Waals surface area contributed by atoms with E-state index in [1.165, 1.54) is 6.07 Å². The molecule has 0 fully saturated rings. The molecule has 124 valence electrons. The summed E-state index contributed by atoms with van der Waals surface area (Å²) in [6, 6.07) is 2.34. The van der Waals surface area contributed by atoms with Crippen LogP contribution in [0.3, 0.4) is 0 Å². The molecule has 1 atom stereocenters. The van der Waals surface area contributed by atoms with Gasteiger partial charge in [0.05, 0.1) is 12.2 Å². The van der Waals surface area contributed by atoms with Crippen molar-refractivity contribution >= 4 is 39.6 Å². The topological polar surface area (TPSA) is 92.1 Å². The molecule has 0 radical (unpaired) electrons. The maximum atomic E-state index is 13.8. The third-order valence-corrected chi connectivity index (χ3v) is 4.82. The molecule has 0 saturated carbocycles. The van der Waals surface area contributed by atoms with E-state index in [9.17, 15) is 14.0 Å². The molecule has 1 aromatic carbocycles. The molecule has 23 heavy (non-hydrogen) atoms. The summed E-state index contributed by atoms with van der Waals surface area (Å²) in [5.41, 5.74) is 7.93. The Bertz CT molecular complexity index is 650. The number of azide groups is 1. The number of carbonyl (C=O) groups is 2. The lowest BCUT2D eigenvalue weighted by atomic mass is 10.2. The van der Waals surface area contributed by atoms with Gasteiger partial charge in [-0.3, -0.25) is 9.59 Å². The van der Waals surface area contributed by atoms with E-state index < -0.39 is 17.0 Å². The molecule has 0 N–H and O–H groups in total. The highest BCUT2D eigenvalue weighted by Crippen LogP contribution is 2.33. The molecule has 0 saturated heterocycles. The summed E-state index contributed by atoms with van der Waals surface area (Å²) in [7, 11) is 0. The van der Waals surface area contributed by atoms with Crippen LogP contribution in [0.2, 0.25) is 0 Å². The predicted octanol–water partition coefficient (Wildman–Crippen LogP) is 4.86. The van der Waals surface area contributed by atoms with Gasteiger partial charge < -0.3 is 4.74 Å². The molecule has 0 spiro atoms. The number of benzene rings is 1. The van der Waals surface area contributed by atoms with Crippen molar-refractivity contribution in [3.8, 4) is 0 Å². The van der Waals surface area contributed by atoms with E-state index >= 15 is 0 Å². The first-order valence-corrected chi connectivity index (χ1v) is 8.49. The zero-order valence-corrected chi connectivity index (χ0v) is 15.0. The summed E-state index contributed by atoms with van der Waals surface area (Å²) in [6.45, 7) is 4.00. The maximum absolute atomic E-state index is 13.8. The van der Waals surface area contributed by atoms with Crippen molar-refractivity contribution < 1.29 is 18.7 Å². The summed E-state index contributed by atoms with van der Waals surface area (Å²) >= 11 is 4.30. The van der Waals surface area contributed by atoms with Gasteiger partial charge in [0, 0.05) is 14.3 Å². The summed E-state index contributed by atoms with van der Waals surface area (Å²) < 4.78 is 19.3. The third-order valence-electron chi connectivity index (χ3n) is 2.77. The average Bonchev–Trinajstić information content (AvgIpc) is 2.50. The van der Waals surface area contributed by atoms with Crippen LogP contribution in [0.5, 0.6) is 0 Å². The van der Waals surface area contributed by atoms with Crippen LogP contribution in [0.4, 0.5) is 4.39 Å². The minimum Gasteiger partial charge on any atom is -0.465 e. The van der Waals surface area contributed by atoms with E-state index in [-0.39, 0.29) is 11.5 Å². The molecule has 0 aliphatic heterocycles. The number of nitrogens with zero attached hydrogens (tertiary/aromatic N) is 3. The van der Waals surface area contributed by atoms with Gasteiger partial charge in [-0.25, -0.2) is 4.39 Å². The number of rotatable bonds is 7. The molecule has 1 aromatic rings. The van der Waals surface area contributed by atoms with Gasteiger partial charge in [-0.05, 0) is 52.1 Å². The van der Waals surface area contributed by atoms with Crippen molar-refractivity contribution in [2.24, 2.45) is 5.11 Å². The lowest BCUT2D eigenvalue weighted by Gasteiger charge is -2.13. The van der Waals surface area contributed by atoms with Gasteiger partial charge in [-0.2, -0.15) is 0 Å². The molecule has 1 unspecified atom stereocenters. The smallest absolute Gasteiger partial charge is 0.319 e. The molecule has 0 aliphatic rings. The van der Waals surface area contributed by atoms with Gasteiger partial charge in [-0.1, -0.05) is 13.3 Å². The standard InChI is InChI=1S/C14H15BrFN3O3S/c1-3-4-5-22-14(21)8(2)23-12-6-9(13(20)18-19-17)11(16)7-10(12)15/h6-8H,3-5H2,1-2H3. The van der Waals surface area contributed by atoms with Crippen LogP contribution in [-0.4, -0.2) is 23.7 Å². The number of ether oxygens (including phenoxy) is 1. The Balaban J connectivity index is 2.91. The van der Waals surface area contributed by atoms with Gasteiger partial charge in [0.2, 0.25) is 0 Å². The minimum absolute atomic E-state index is 0.347. The molecule has 1 amide bonds. The summed E-state index contributed by atoms with van der Waals surface area (Å²) in [6.07, 6.45) is 1.71. The SMILES string of the molecule is CCCCOC(=O)C(C)Sc1cc(C(=O)N=[N+]=[N-])c(F)cc1Br. The molecule has 6 nitrogen and oxygen atoms in total. The fourth-order valence-corrected chi connectivity index (χ4v) is 3.05. The maximum Gasteiger partial charge on any atom is 0.319 e. The van der Waals surface area contributed by atoms with E-state index in [0.717, 1.165) is 30.7 Å². The van der Waals surface area contributed by atoms with Gasteiger partial charge in [0.15, 0.2) is 0 Å². The summed E-state index contributed by atoms with van der Waals surface area (Å²) in [5.74, 6) is -2.21. The van der Waals surface area contributed by atoms with E-state index in [2.05, 4.69) is 26.0 Å². The van der Waals surface area contributed by atoms with E-state index in [0.29, 0.717) is 16.0 Å². The lowest BCUT2D eigenvalue weighted by molar-refractivity contribution is -0.142. The highest BCUT2D eigenvalue weighted by molar-refractivity contribution is 9.10. The number of thioether (sulfide) groups is 1. The van der Waals surface area contributed by atoms with Crippen molar-refractivity contribution in [3.05, 3.63) is 38.4 Å². The van der Waals surface area contributed by atoms with Crippen molar-refractivity contribution in [1.82, 2.24) is 0 Å². The molecular weight excluding hydrogens is 389 g/mol. The third kappa shape index (κ3) is 5.85. The Hall–Kier alpha value is -1.57. The van der Waals surface area contributed by atoms with Crippen molar-refractivity contribution in [2.75, 3.05) is 6.61 Å². The Morgan fingerprint density at radius 2 is 2.22 bits per heavy atom. The monoisotopic (exact) mass is 403 g/mol. The Morgan fingerprint density at radius 1 is 1.52 bits per heavy atom. The molecule has 0 heterocycles. The molecule has 1 rings (SSSR count). The first-order chi connectivity index (χ1) is 10.9. The van der Waals surface area contributed by atoms with Crippen LogP contribution in [-0.2, 0) is 9.53 Å². The van der Waals surface area contributed by atoms with Crippen LogP contribution >= 0.6 is 27.7 Å². The summed E-state index contributed by atoms with van der Waals surface area (Å²) in [5, 5.41) is 2.34. The number of amides is 1. The molecule has 0 bridgehead atoms. The number of carbonyl (C=O) groups excluding carboxylic acids is 2. The van der Waals surface area contributed by atoms with Gasteiger partial charge >= 0.3 is 5.97 Å². The Morgan fingerprint density at radius 3 is 2.83 bits per heavy atom. The second-order valence-electron chi connectivity index (χ2n) is 4.54. The summed E-state index contributed by atoms with van der Waals surface area (Å²) in [4.78, 5) is 26.2. The highest BCUT2D eigenvalue weighted by atomic mass is 79.9. The quantitative estimate of drug-likeness (QED) is 0.162. The fourth-order valence-electron chi connectivity index (χ4n) is 1.55. The zero-order chi connectivity index (χ0) is 17.4. The van der Waals surface area contributed by atoms with Crippen LogP contribution < -0.4 is 0 Å². The largest absolute Gasteiger partial charge is 0.465 e. The minimum atomic E-state index is -1.02. The van der Waals surface area contributed by atoms with Crippen LogP contribution in [0.25, 0.3) is 10.4 Å². The van der Waals surface area contributed by atoms with Gasteiger partial charge in [0.25, 0.3) is 5.91 Å².